The highest BCUT2D eigenvalue weighted by molar-refractivity contribution is 7.15. The molecule has 5 rings (SSSR count). The predicted molar refractivity (Wildman–Crippen MR) is 110 cm³/mol. The summed E-state index contributed by atoms with van der Waals surface area (Å²) < 4.78 is 0. The maximum absolute atomic E-state index is 4.78. The van der Waals surface area contributed by atoms with Crippen molar-refractivity contribution >= 4 is 33.3 Å². The molecule has 140 valence electrons. The molecule has 0 unspecified atom stereocenters. The van der Waals surface area contributed by atoms with Crippen LogP contribution in [-0.4, -0.2) is 46.3 Å². The normalized spacial score (nSPS) is 19.0. The summed E-state index contributed by atoms with van der Waals surface area (Å²) in [5.74, 6) is 1.60. The van der Waals surface area contributed by atoms with Gasteiger partial charge >= 0.3 is 0 Å². The van der Waals surface area contributed by atoms with Gasteiger partial charge in [-0.25, -0.2) is 4.98 Å². The number of para-hydroxylation sites is 2. The minimum Gasteiger partial charge on any atom is -0.352 e. The zero-order chi connectivity index (χ0) is 18.1. The molecule has 1 saturated heterocycles. The highest BCUT2D eigenvalue weighted by Crippen LogP contribution is 2.36. The largest absolute Gasteiger partial charge is 0.352 e. The van der Waals surface area contributed by atoms with Gasteiger partial charge in [0, 0.05) is 32.1 Å². The van der Waals surface area contributed by atoms with Gasteiger partial charge in [0.2, 0.25) is 5.13 Å². The van der Waals surface area contributed by atoms with Gasteiger partial charge in [-0.15, -0.1) is 10.2 Å². The van der Waals surface area contributed by atoms with Crippen LogP contribution in [-0.2, 0) is 0 Å². The first-order valence-electron chi connectivity index (χ1n) is 9.92. The van der Waals surface area contributed by atoms with Crippen LogP contribution in [0.15, 0.2) is 30.5 Å². The molecule has 2 aliphatic rings. The monoisotopic (exact) mass is 380 g/mol. The Morgan fingerprint density at radius 2 is 1.59 bits per heavy atom. The highest BCUT2D eigenvalue weighted by Gasteiger charge is 2.24. The Morgan fingerprint density at radius 1 is 0.852 bits per heavy atom. The van der Waals surface area contributed by atoms with Crippen LogP contribution in [0.3, 0.4) is 0 Å². The lowest BCUT2D eigenvalue weighted by atomic mass is 9.90. The molecule has 3 aromatic rings. The van der Waals surface area contributed by atoms with Gasteiger partial charge in [0.1, 0.15) is 10.8 Å². The Labute approximate surface area is 163 Å². The number of anilines is 2. The molecule has 0 atom stereocenters. The fourth-order valence-electron chi connectivity index (χ4n) is 4.10. The van der Waals surface area contributed by atoms with Crippen molar-refractivity contribution in [2.75, 3.05) is 36.0 Å². The van der Waals surface area contributed by atoms with Gasteiger partial charge in [0.25, 0.3) is 0 Å². The summed E-state index contributed by atoms with van der Waals surface area (Å²) in [6.07, 6.45) is 8.51. The van der Waals surface area contributed by atoms with E-state index in [9.17, 15) is 0 Å². The van der Waals surface area contributed by atoms with Crippen LogP contribution < -0.4 is 9.80 Å². The highest BCUT2D eigenvalue weighted by atomic mass is 32.1. The first-order chi connectivity index (χ1) is 13.4. The molecule has 1 aliphatic carbocycles. The van der Waals surface area contributed by atoms with E-state index >= 15 is 0 Å². The predicted octanol–water partition coefficient (Wildman–Crippen LogP) is 3.86. The number of fused-ring (bicyclic) bond motifs is 1. The van der Waals surface area contributed by atoms with Crippen molar-refractivity contribution in [1.82, 2.24) is 20.2 Å². The van der Waals surface area contributed by atoms with Gasteiger partial charge in [-0.3, -0.25) is 4.98 Å². The van der Waals surface area contributed by atoms with Crippen molar-refractivity contribution in [2.24, 2.45) is 0 Å². The standard InChI is InChI=1S/C20H24N6S/c1-2-6-15(7-3-1)19-23-24-20(27-19)26-12-10-25(11-13-26)18-14-21-16-8-4-5-9-17(16)22-18/h4-5,8-9,14-15H,1-3,6-7,10-13H2. The minimum absolute atomic E-state index is 0.638. The van der Waals surface area contributed by atoms with E-state index in [4.69, 9.17) is 4.98 Å². The molecule has 3 heterocycles. The second-order valence-electron chi connectivity index (χ2n) is 7.45. The van der Waals surface area contributed by atoms with Crippen molar-refractivity contribution in [1.29, 1.82) is 0 Å². The quantitative estimate of drug-likeness (QED) is 0.688. The average Bonchev–Trinajstić information content (AvgIpc) is 3.24. The minimum atomic E-state index is 0.638. The fraction of sp³-hybridized carbons (Fsp3) is 0.500. The van der Waals surface area contributed by atoms with Gasteiger partial charge < -0.3 is 9.80 Å². The zero-order valence-electron chi connectivity index (χ0n) is 15.4. The Hall–Kier alpha value is -2.28. The molecule has 0 radical (unpaired) electrons. The van der Waals surface area contributed by atoms with E-state index in [-0.39, 0.29) is 0 Å². The summed E-state index contributed by atoms with van der Waals surface area (Å²) in [6, 6.07) is 8.04. The fourth-order valence-corrected chi connectivity index (χ4v) is 5.16. The maximum Gasteiger partial charge on any atom is 0.208 e. The Balaban J connectivity index is 1.25. The van der Waals surface area contributed by atoms with Crippen molar-refractivity contribution < 1.29 is 0 Å². The molecule has 0 spiro atoms. The number of nitrogens with zero attached hydrogens (tertiary/aromatic N) is 6. The third-order valence-electron chi connectivity index (χ3n) is 5.69. The van der Waals surface area contributed by atoms with E-state index in [2.05, 4.69) is 25.0 Å². The Bertz CT molecular complexity index is 911. The van der Waals surface area contributed by atoms with Crippen molar-refractivity contribution in [3.05, 3.63) is 35.5 Å². The SMILES string of the molecule is c1ccc2nc(N3CCN(c4nnc(C5CCCCC5)s4)CC3)cnc2c1. The van der Waals surface area contributed by atoms with Gasteiger partial charge in [0.15, 0.2) is 0 Å². The average molecular weight is 381 g/mol. The van der Waals surface area contributed by atoms with Crippen molar-refractivity contribution in [2.45, 2.75) is 38.0 Å². The summed E-state index contributed by atoms with van der Waals surface area (Å²) in [6.45, 7) is 3.78. The van der Waals surface area contributed by atoms with Gasteiger partial charge in [0.05, 0.1) is 17.2 Å². The van der Waals surface area contributed by atoms with Crippen LogP contribution in [0.2, 0.25) is 0 Å². The molecule has 7 heteroatoms. The molecule has 0 amide bonds. The number of aromatic nitrogens is 4. The van der Waals surface area contributed by atoms with E-state index in [1.54, 1.807) is 11.3 Å². The van der Waals surface area contributed by atoms with Crippen molar-refractivity contribution in [3.63, 3.8) is 0 Å². The zero-order valence-corrected chi connectivity index (χ0v) is 16.2. The Morgan fingerprint density at radius 3 is 2.41 bits per heavy atom. The maximum atomic E-state index is 4.78. The molecule has 0 bridgehead atoms. The van der Waals surface area contributed by atoms with E-state index < -0.39 is 0 Å². The summed E-state index contributed by atoms with van der Waals surface area (Å²) in [4.78, 5) is 14.0. The van der Waals surface area contributed by atoms with Gasteiger partial charge in [-0.2, -0.15) is 0 Å². The lowest BCUT2D eigenvalue weighted by Crippen LogP contribution is -2.46. The number of rotatable bonds is 3. The third-order valence-corrected chi connectivity index (χ3v) is 6.84. The Kier molecular flexibility index (Phi) is 4.61. The first-order valence-corrected chi connectivity index (χ1v) is 10.7. The molecule has 2 aromatic heterocycles. The van der Waals surface area contributed by atoms with Gasteiger partial charge in [-0.05, 0) is 25.0 Å². The van der Waals surface area contributed by atoms with E-state index in [1.165, 1.54) is 37.1 Å². The smallest absolute Gasteiger partial charge is 0.208 e. The van der Waals surface area contributed by atoms with Crippen LogP contribution in [0.5, 0.6) is 0 Å². The molecule has 0 N–H and O–H groups in total. The van der Waals surface area contributed by atoms with E-state index in [0.717, 1.165) is 48.2 Å². The summed E-state index contributed by atoms with van der Waals surface area (Å²) in [5.41, 5.74) is 1.91. The van der Waals surface area contributed by atoms with Crippen LogP contribution in [0.1, 0.15) is 43.0 Å². The lowest BCUT2D eigenvalue weighted by molar-refractivity contribution is 0.440. The second kappa shape index (κ2) is 7.38. The molecule has 1 aliphatic heterocycles. The molecule has 1 saturated carbocycles. The van der Waals surface area contributed by atoms with E-state index in [0.29, 0.717) is 5.92 Å². The summed E-state index contributed by atoms with van der Waals surface area (Å²) in [5, 5.41) is 11.3. The van der Waals surface area contributed by atoms with Crippen LogP contribution in [0.25, 0.3) is 11.0 Å². The molecular formula is C20H24N6S. The molecular weight excluding hydrogens is 356 g/mol. The van der Waals surface area contributed by atoms with Gasteiger partial charge in [-0.1, -0.05) is 42.7 Å². The second-order valence-corrected chi connectivity index (χ2v) is 8.44. The third kappa shape index (κ3) is 3.48. The lowest BCUT2D eigenvalue weighted by Gasteiger charge is -2.34. The number of piperazine rings is 1. The molecule has 27 heavy (non-hydrogen) atoms. The van der Waals surface area contributed by atoms with Crippen LogP contribution >= 0.6 is 11.3 Å². The van der Waals surface area contributed by atoms with E-state index in [1.807, 2.05) is 30.5 Å². The summed E-state index contributed by atoms with van der Waals surface area (Å²) >= 11 is 1.80. The van der Waals surface area contributed by atoms with Crippen LogP contribution in [0, 0.1) is 0 Å². The molecule has 1 aromatic carbocycles. The number of benzene rings is 1. The molecule has 6 nitrogen and oxygen atoms in total. The first kappa shape index (κ1) is 16.9. The number of hydrogen-bond acceptors (Lipinski definition) is 7. The molecule has 2 fully saturated rings. The summed E-state index contributed by atoms with van der Waals surface area (Å²) in [7, 11) is 0. The topological polar surface area (TPSA) is 58.0 Å². The number of hydrogen-bond donors (Lipinski definition) is 0. The van der Waals surface area contributed by atoms with Crippen molar-refractivity contribution in [3.8, 4) is 0 Å². The van der Waals surface area contributed by atoms with Crippen LogP contribution in [0.4, 0.5) is 10.9 Å².